The SMILES string of the molecule is COc1ccc2ccc(S(=O)(=O)N[C@H]3CCN(Cc4ccsc4)C3=O)cc2c1. The van der Waals surface area contributed by atoms with E-state index in [9.17, 15) is 13.2 Å². The predicted molar refractivity (Wildman–Crippen MR) is 109 cm³/mol. The Balaban J connectivity index is 1.52. The number of nitrogens with zero attached hydrogens (tertiary/aromatic N) is 1. The largest absolute Gasteiger partial charge is 0.497 e. The fourth-order valence-corrected chi connectivity index (χ4v) is 5.28. The molecule has 1 aromatic heterocycles. The van der Waals surface area contributed by atoms with E-state index in [4.69, 9.17) is 4.74 Å². The summed E-state index contributed by atoms with van der Waals surface area (Å²) in [5.41, 5.74) is 1.06. The normalized spacial score (nSPS) is 17.4. The minimum atomic E-state index is -3.81. The fourth-order valence-electron chi connectivity index (χ4n) is 3.36. The fraction of sp³-hybridized carbons (Fsp3) is 0.250. The van der Waals surface area contributed by atoms with Crippen molar-refractivity contribution in [3.8, 4) is 5.75 Å². The number of thiophene rings is 1. The first kappa shape index (κ1) is 18.9. The molecule has 1 aliphatic heterocycles. The Morgan fingerprint density at radius 1 is 1.18 bits per heavy atom. The molecule has 2 aromatic carbocycles. The highest BCUT2D eigenvalue weighted by molar-refractivity contribution is 7.89. The summed E-state index contributed by atoms with van der Waals surface area (Å²) < 4.78 is 33.5. The van der Waals surface area contributed by atoms with Crippen LogP contribution in [0, 0.1) is 0 Å². The molecule has 1 amide bonds. The summed E-state index contributed by atoms with van der Waals surface area (Å²) in [6, 6.07) is 11.6. The van der Waals surface area contributed by atoms with Gasteiger partial charge >= 0.3 is 0 Å². The molecule has 1 aliphatic rings. The van der Waals surface area contributed by atoms with Gasteiger partial charge in [-0.3, -0.25) is 4.79 Å². The van der Waals surface area contributed by atoms with Gasteiger partial charge in [0.2, 0.25) is 15.9 Å². The maximum atomic E-state index is 12.8. The van der Waals surface area contributed by atoms with Gasteiger partial charge in [-0.05, 0) is 63.8 Å². The number of benzene rings is 2. The van der Waals surface area contributed by atoms with Gasteiger partial charge in [-0.1, -0.05) is 12.1 Å². The molecule has 1 N–H and O–H groups in total. The van der Waals surface area contributed by atoms with Crippen molar-refractivity contribution < 1.29 is 17.9 Å². The third-order valence-electron chi connectivity index (χ3n) is 4.88. The third-order valence-corrected chi connectivity index (χ3v) is 7.08. The first-order valence-corrected chi connectivity index (χ1v) is 11.3. The van der Waals surface area contributed by atoms with E-state index in [1.807, 2.05) is 29.0 Å². The highest BCUT2D eigenvalue weighted by atomic mass is 32.2. The van der Waals surface area contributed by atoms with E-state index in [-0.39, 0.29) is 10.8 Å². The van der Waals surface area contributed by atoms with Gasteiger partial charge in [-0.15, -0.1) is 0 Å². The molecule has 0 unspecified atom stereocenters. The number of carbonyl (C=O) groups excluding carboxylic acids is 1. The summed E-state index contributed by atoms with van der Waals surface area (Å²) in [4.78, 5) is 14.5. The summed E-state index contributed by atoms with van der Waals surface area (Å²) in [5, 5.41) is 5.64. The van der Waals surface area contributed by atoms with E-state index in [0.29, 0.717) is 25.3 Å². The van der Waals surface area contributed by atoms with Crippen LogP contribution in [0.2, 0.25) is 0 Å². The number of rotatable bonds is 6. The van der Waals surface area contributed by atoms with E-state index >= 15 is 0 Å². The molecule has 1 atom stereocenters. The van der Waals surface area contributed by atoms with Crippen molar-refractivity contribution in [2.75, 3.05) is 13.7 Å². The molecule has 0 aliphatic carbocycles. The van der Waals surface area contributed by atoms with Crippen molar-refractivity contribution in [3.63, 3.8) is 0 Å². The van der Waals surface area contributed by atoms with Crippen LogP contribution in [-0.2, 0) is 21.4 Å². The van der Waals surface area contributed by atoms with E-state index in [2.05, 4.69) is 4.72 Å². The van der Waals surface area contributed by atoms with Crippen molar-refractivity contribution in [1.29, 1.82) is 0 Å². The van der Waals surface area contributed by atoms with E-state index in [1.165, 1.54) is 0 Å². The summed E-state index contributed by atoms with van der Waals surface area (Å²) in [6.45, 7) is 1.05. The molecule has 4 rings (SSSR count). The van der Waals surface area contributed by atoms with Gasteiger partial charge in [-0.2, -0.15) is 16.1 Å². The number of carbonyl (C=O) groups is 1. The quantitative estimate of drug-likeness (QED) is 0.670. The number of hydrogen-bond donors (Lipinski definition) is 1. The first-order chi connectivity index (χ1) is 13.5. The number of hydrogen-bond acceptors (Lipinski definition) is 5. The molecule has 0 spiro atoms. The number of amides is 1. The van der Waals surface area contributed by atoms with Gasteiger partial charge in [-0.25, -0.2) is 8.42 Å². The van der Waals surface area contributed by atoms with Crippen molar-refractivity contribution in [1.82, 2.24) is 9.62 Å². The number of likely N-dealkylation sites (tertiary alicyclic amines) is 1. The van der Waals surface area contributed by atoms with E-state index in [0.717, 1.165) is 16.3 Å². The maximum absolute atomic E-state index is 12.8. The van der Waals surface area contributed by atoms with Crippen LogP contribution in [0.3, 0.4) is 0 Å². The predicted octanol–water partition coefficient (Wildman–Crippen LogP) is 2.99. The third kappa shape index (κ3) is 3.76. The second-order valence-electron chi connectivity index (χ2n) is 6.73. The molecule has 3 aromatic rings. The molecule has 0 radical (unpaired) electrons. The summed E-state index contributed by atoms with van der Waals surface area (Å²) in [5.74, 6) is 0.474. The topological polar surface area (TPSA) is 75.7 Å². The highest BCUT2D eigenvalue weighted by Gasteiger charge is 2.34. The average Bonchev–Trinajstić information content (AvgIpc) is 3.32. The second-order valence-corrected chi connectivity index (χ2v) is 9.22. The van der Waals surface area contributed by atoms with Crippen LogP contribution in [0.4, 0.5) is 0 Å². The maximum Gasteiger partial charge on any atom is 0.241 e. The Bertz CT molecular complexity index is 1110. The second kappa shape index (κ2) is 7.54. The van der Waals surface area contributed by atoms with E-state index < -0.39 is 16.1 Å². The van der Waals surface area contributed by atoms with Crippen LogP contribution in [0.15, 0.2) is 58.1 Å². The van der Waals surface area contributed by atoms with Crippen LogP contribution in [0.25, 0.3) is 10.8 Å². The summed E-state index contributed by atoms with van der Waals surface area (Å²) >= 11 is 1.58. The zero-order chi connectivity index (χ0) is 19.7. The molecular weight excluding hydrogens is 396 g/mol. The summed E-state index contributed by atoms with van der Waals surface area (Å²) in [6.07, 6.45) is 0.462. The number of ether oxygens (including phenoxy) is 1. The van der Waals surface area contributed by atoms with Crippen molar-refractivity contribution >= 4 is 38.0 Å². The lowest BCUT2D eigenvalue weighted by atomic mass is 10.1. The molecular formula is C20H20N2O4S2. The van der Waals surface area contributed by atoms with Gasteiger partial charge < -0.3 is 9.64 Å². The zero-order valence-corrected chi connectivity index (χ0v) is 16.9. The van der Waals surface area contributed by atoms with Gasteiger partial charge in [0.1, 0.15) is 11.8 Å². The Hall–Kier alpha value is -2.42. The minimum Gasteiger partial charge on any atom is -0.497 e. The Morgan fingerprint density at radius 2 is 2.00 bits per heavy atom. The average molecular weight is 417 g/mol. The monoisotopic (exact) mass is 416 g/mol. The summed E-state index contributed by atoms with van der Waals surface area (Å²) in [7, 11) is -2.24. The van der Waals surface area contributed by atoms with Crippen molar-refractivity contribution in [2.45, 2.75) is 23.9 Å². The Morgan fingerprint density at radius 3 is 2.75 bits per heavy atom. The van der Waals surface area contributed by atoms with Gasteiger partial charge in [0.25, 0.3) is 0 Å². The molecule has 2 heterocycles. The Labute approximate surface area is 167 Å². The number of methoxy groups -OCH3 is 1. The van der Waals surface area contributed by atoms with Gasteiger partial charge in [0.15, 0.2) is 0 Å². The van der Waals surface area contributed by atoms with Crippen LogP contribution in [-0.4, -0.2) is 38.9 Å². The lowest BCUT2D eigenvalue weighted by Gasteiger charge is -2.16. The van der Waals surface area contributed by atoms with Gasteiger partial charge in [0, 0.05) is 13.1 Å². The molecule has 1 saturated heterocycles. The number of sulfonamides is 1. The lowest BCUT2D eigenvalue weighted by molar-refractivity contribution is -0.129. The molecule has 6 nitrogen and oxygen atoms in total. The van der Waals surface area contributed by atoms with Crippen molar-refractivity contribution in [3.05, 3.63) is 58.8 Å². The van der Waals surface area contributed by atoms with Gasteiger partial charge in [0.05, 0.1) is 12.0 Å². The molecule has 146 valence electrons. The smallest absolute Gasteiger partial charge is 0.241 e. The molecule has 28 heavy (non-hydrogen) atoms. The lowest BCUT2D eigenvalue weighted by Crippen LogP contribution is -2.41. The number of nitrogens with one attached hydrogen (secondary N) is 1. The van der Waals surface area contributed by atoms with Crippen LogP contribution < -0.4 is 9.46 Å². The zero-order valence-electron chi connectivity index (χ0n) is 15.3. The number of fused-ring (bicyclic) bond motifs is 1. The molecule has 0 bridgehead atoms. The molecule has 8 heteroatoms. The van der Waals surface area contributed by atoms with Crippen molar-refractivity contribution in [2.24, 2.45) is 0 Å². The minimum absolute atomic E-state index is 0.136. The van der Waals surface area contributed by atoms with Crippen LogP contribution >= 0.6 is 11.3 Å². The highest BCUT2D eigenvalue weighted by Crippen LogP contribution is 2.25. The molecule has 1 fully saturated rings. The Kier molecular flexibility index (Phi) is 5.09. The van der Waals surface area contributed by atoms with E-state index in [1.54, 1.807) is 47.6 Å². The standard InChI is InChI=1S/C20H20N2O4S2/c1-26-17-4-2-15-3-5-18(11-16(15)10-17)28(24,25)21-19-6-8-22(20(19)23)12-14-7-9-27-13-14/h2-5,7,9-11,13,19,21H,6,8,12H2,1H3/t19-/m0/s1. The van der Waals surface area contributed by atoms with Crippen LogP contribution in [0.5, 0.6) is 5.75 Å². The van der Waals surface area contributed by atoms with Crippen LogP contribution in [0.1, 0.15) is 12.0 Å². The first-order valence-electron chi connectivity index (χ1n) is 8.86. The molecule has 0 saturated carbocycles.